The molecule has 10 nitrogen and oxygen atoms in total. The van der Waals surface area contributed by atoms with Gasteiger partial charge in [0.25, 0.3) is 11.6 Å². The van der Waals surface area contributed by atoms with Crippen molar-refractivity contribution in [2.45, 2.75) is 0 Å². The number of nitro groups is 1. The van der Waals surface area contributed by atoms with Crippen LogP contribution in [-0.4, -0.2) is 77.5 Å². The number of nitrogens with one attached hydrogen (secondary N) is 1. The largest absolute Gasteiger partial charge is 0.379 e. The zero-order valence-corrected chi connectivity index (χ0v) is 17.5. The topological polar surface area (TPSA) is 118 Å². The van der Waals surface area contributed by atoms with E-state index < -0.39 is 16.7 Å². The van der Waals surface area contributed by atoms with Gasteiger partial charge in [0.2, 0.25) is 5.91 Å². The summed E-state index contributed by atoms with van der Waals surface area (Å²) in [7, 11) is 0. The van der Waals surface area contributed by atoms with Crippen molar-refractivity contribution in [3.63, 3.8) is 0 Å². The quantitative estimate of drug-likeness (QED) is 0.480. The van der Waals surface area contributed by atoms with Crippen LogP contribution in [0.15, 0.2) is 29.8 Å². The van der Waals surface area contributed by atoms with E-state index in [1.807, 2.05) is 0 Å². The van der Waals surface area contributed by atoms with Gasteiger partial charge in [0.1, 0.15) is 11.6 Å². The number of halogens is 1. The van der Waals surface area contributed by atoms with E-state index >= 15 is 0 Å². The lowest BCUT2D eigenvalue weighted by molar-refractivity contribution is -0.384. The normalized spacial score (nSPS) is 14.3. The zero-order chi connectivity index (χ0) is 21.5. The number of carbonyl (C=O) groups excluding carboxylic acids is 2. The molecule has 12 heteroatoms. The Kier molecular flexibility index (Phi) is 7.69. The summed E-state index contributed by atoms with van der Waals surface area (Å²) >= 11 is 7.11. The highest BCUT2D eigenvalue weighted by atomic mass is 35.5. The molecule has 3 rings (SSSR count). The number of hydrogen-bond acceptors (Lipinski definition) is 8. The second kappa shape index (κ2) is 10.4. The van der Waals surface area contributed by atoms with Gasteiger partial charge in [0.15, 0.2) is 5.13 Å². The van der Waals surface area contributed by atoms with Gasteiger partial charge in [0.05, 0.1) is 18.1 Å². The third kappa shape index (κ3) is 5.95. The van der Waals surface area contributed by atoms with Crippen molar-refractivity contribution < 1.29 is 19.2 Å². The number of rotatable bonds is 8. The number of nitrogens with zero attached hydrogens (tertiary/aromatic N) is 4. The lowest BCUT2D eigenvalue weighted by Gasteiger charge is -2.30. The second-order valence-corrected chi connectivity index (χ2v) is 7.79. The number of carbonyl (C=O) groups is 2. The molecule has 0 spiro atoms. The molecule has 1 aliphatic rings. The lowest BCUT2D eigenvalue weighted by atomic mass is 10.1. The first kappa shape index (κ1) is 22.1. The summed E-state index contributed by atoms with van der Waals surface area (Å²) in [6, 6.07) is 3.85. The Hall–Kier alpha value is -2.60. The summed E-state index contributed by atoms with van der Waals surface area (Å²) in [5, 5.41) is 15.9. The SMILES string of the molecule is O=C(CN(CCN1CCOCC1)C(=O)c1ccc(Cl)c([N+](=O)[O-])c1)Nc1nccs1. The van der Waals surface area contributed by atoms with Crippen LogP contribution >= 0.6 is 22.9 Å². The molecule has 160 valence electrons. The minimum atomic E-state index is -0.646. The molecule has 2 heterocycles. The predicted octanol–water partition coefficient (Wildman–Crippen LogP) is 2.12. The number of aromatic nitrogens is 1. The minimum Gasteiger partial charge on any atom is -0.379 e. The molecule has 2 amide bonds. The van der Waals surface area contributed by atoms with Gasteiger partial charge in [-0.3, -0.25) is 24.6 Å². The van der Waals surface area contributed by atoms with Crippen LogP contribution in [-0.2, 0) is 9.53 Å². The van der Waals surface area contributed by atoms with Crippen molar-refractivity contribution in [2.75, 3.05) is 51.3 Å². The van der Waals surface area contributed by atoms with Crippen LogP contribution in [0.3, 0.4) is 0 Å². The Morgan fingerprint density at radius 2 is 2.13 bits per heavy atom. The molecule has 1 aromatic heterocycles. The number of amides is 2. The Morgan fingerprint density at radius 3 is 2.80 bits per heavy atom. The maximum absolute atomic E-state index is 13.1. The Labute approximate surface area is 181 Å². The molecule has 1 aromatic carbocycles. The average molecular weight is 454 g/mol. The Balaban J connectivity index is 1.74. The van der Waals surface area contributed by atoms with E-state index in [9.17, 15) is 19.7 Å². The second-order valence-electron chi connectivity index (χ2n) is 6.49. The minimum absolute atomic E-state index is 0.0575. The molecule has 30 heavy (non-hydrogen) atoms. The summed E-state index contributed by atoms with van der Waals surface area (Å²) in [5.41, 5.74) is -0.266. The highest BCUT2D eigenvalue weighted by molar-refractivity contribution is 7.13. The number of nitro benzene ring substituents is 1. The number of ether oxygens (including phenoxy) is 1. The van der Waals surface area contributed by atoms with Gasteiger partial charge in [-0.2, -0.15) is 0 Å². The highest BCUT2D eigenvalue weighted by Gasteiger charge is 2.23. The Bertz CT molecular complexity index is 904. The van der Waals surface area contributed by atoms with Crippen molar-refractivity contribution >= 4 is 45.6 Å². The van der Waals surface area contributed by atoms with Gasteiger partial charge >= 0.3 is 0 Å². The van der Waals surface area contributed by atoms with Crippen LogP contribution < -0.4 is 5.32 Å². The standard InChI is InChI=1S/C18H20ClN5O5S/c19-14-2-1-13(11-15(14)24(27)28)17(26)23(5-4-22-6-8-29-9-7-22)12-16(25)21-18-20-3-10-30-18/h1-3,10-11H,4-9,12H2,(H,20,21,25). The van der Waals surface area contributed by atoms with E-state index in [-0.39, 0.29) is 29.4 Å². The summed E-state index contributed by atoms with van der Waals surface area (Å²) in [5.74, 6) is -0.888. The van der Waals surface area contributed by atoms with E-state index in [1.54, 1.807) is 11.6 Å². The summed E-state index contributed by atoms with van der Waals surface area (Å²) in [6.07, 6.45) is 1.56. The van der Waals surface area contributed by atoms with Gasteiger partial charge < -0.3 is 15.0 Å². The highest BCUT2D eigenvalue weighted by Crippen LogP contribution is 2.25. The van der Waals surface area contributed by atoms with E-state index in [0.29, 0.717) is 24.9 Å². The molecule has 0 unspecified atom stereocenters. The molecular weight excluding hydrogens is 434 g/mol. The van der Waals surface area contributed by atoms with Gasteiger partial charge in [-0.1, -0.05) is 11.6 Å². The number of morpholine rings is 1. The third-order valence-electron chi connectivity index (χ3n) is 4.48. The molecule has 1 saturated heterocycles. The molecule has 1 fully saturated rings. The van der Waals surface area contributed by atoms with Crippen molar-refractivity contribution in [3.8, 4) is 0 Å². The first-order valence-corrected chi connectivity index (χ1v) is 10.4. The predicted molar refractivity (Wildman–Crippen MR) is 112 cm³/mol. The summed E-state index contributed by atoms with van der Waals surface area (Å²) < 4.78 is 5.32. The molecule has 2 aromatic rings. The maximum Gasteiger partial charge on any atom is 0.288 e. The first-order valence-electron chi connectivity index (χ1n) is 9.16. The van der Waals surface area contributed by atoms with Crippen LogP contribution in [0, 0.1) is 10.1 Å². The lowest BCUT2D eigenvalue weighted by Crippen LogP contribution is -2.45. The molecular formula is C18H20ClN5O5S. The van der Waals surface area contributed by atoms with Crippen LogP contribution in [0.25, 0.3) is 0 Å². The summed E-state index contributed by atoms with van der Waals surface area (Å²) in [4.78, 5) is 43.5. The van der Waals surface area contributed by atoms with Gasteiger partial charge in [-0.15, -0.1) is 11.3 Å². The van der Waals surface area contributed by atoms with Crippen molar-refractivity contribution in [1.29, 1.82) is 0 Å². The number of anilines is 1. The van der Waals surface area contributed by atoms with Crippen LogP contribution in [0.2, 0.25) is 5.02 Å². The first-order chi connectivity index (χ1) is 14.4. The van der Waals surface area contributed by atoms with Gasteiger partial charge in [-0.25, -0.2) is 4.98 Å². The van der Waals surface area contributed by atoms with Crippen molar-refractivity contribution in [2.24, 2.45) is 0 Å². The van der Waals surface area contributed by atoms with E-state index in [4.69, 9.17) is 16.3 Å². The fraction of sp³-hybridized carbons (Fsp3) is 0.389. The molecule has 0 aliphatic carbocycles. The number of hydrogen-bond donors (Lipinski definition) is 1. The molecule has 1 N–H and O–H groups in total. The zero-order valence-electron chi connectivity index (χ0n) is 16.0. The van der Waals surface area contributed by atoms with Crippen LogP contribution in [0.4, 0.5) is 10.8 Å². The van der Waals surface area contributed by atoms with Gasteiger partial charge in [-0.05, 0) is 12.1 Å². The number of thiazole rings is 1. The molecule has 0 saturated carbocycles. The average Bonchev–Trinajstić information content (AvgIpc) is 3.24. The molecule has 1 aliphatic heterocycles. The monoisotopic (exact) mass is 453 g/mol. The number of benzene rings is 1. The van der Waals surface area contributed by atoms with Crippen molar-refractivity contribution in [3.05, 3.63) is 50.5 Å². The van der Waals surface area contributed by atoms with Gasteiger partial charge in [0, 0.05) is 49.4 Å². The fourth-order valence-electron chi connectivity index (χ4n) is 2.92. The van der Waals surface area contributed by atoms with Crippen LogP contribution in [0.1, 0.15) is 10.4 Å². The van der Waals surface area contributed by atoms with Crippen LogP contribution in [0.5, 0.6) is 0 Å². The van der Waals surface area contributed by atoms with Crippen molar-refractivity contribution in [1.82, 2.24) is 14.8 Å². The molecule has 0 bridgehead atoms. The Morgan fingerprint density at radius 1 is 1.37 bits per heavy atom. The van der Waals surface area contributed by atoms with E-state index in [0.717, 1.165) is 19.2 Å². The van der Waals surface area contributed by atoms with E-state index in [2.05, 4.69) is 15.2 Å². The summed E-state index contributed by atoms with van der Waals surface area (Å²) in [6.45, 7) is 3.32. The maximum atomic E-state index is 13.1. The third-order valence-corrected chi connectivity index (χ3v) is 5.49. The smallest absolute Gasteiger partial charge is 0.288 e. The van der Waals surface area contributed by atoms with E-state index in [1.165, 1.54) is 28.4 Å². The fourth-order valence-corrected chi connectivity index (χ4v) is 3.66. The molecule has 0 radical (unpaired) electrons. The molecule has 0 atom stereocenters.